The van der Waals surface area contributed by atoms with E-state index < -0.39 is 24.2 Å². The molecule has 0 amide bonds. The number of rotatable bonds is 7. The highest BCUT2D eigenvalue weighted by Crippen LogP contribution is 2.36. The molecule has 26 heavy (non-hydrogen) atoms. The van der Waals surface area contributed by atoms with E-state index in [0.29, 0.717) is 22.1 Å². The summed E-state index contributed by atoms with van der Waals surface area (Å²) in [5, 5.41) is 0.325. The van der Waals surface area contributed by atoms with E-state index in [1.54, 1.807) is 12.1 Å². The molecule has 0 aromatic heterocycles. The molecule has 0 aliphatic carbocycles. The fourth-order valence-electron chi connectivity index (χ4n) is 2.10. The van der Waals surface area contributed by atoms with Gasteiger partial charge in [-0.3, -0.25) is 4.79 Å². The SMILES string of the molecule is COc1cc(C=CC(=O)OCC(=O)c2ccc(F)cc2)cc(Cl)c1OC. The molecule has 0 atom stereocenters. The van der Waals surface area contributed by atoms with Crippen LogP contribution in [0.4, 0.5) is 4.39 Å². The topological polar surface area (TPSA) is 61.8 Å². The first-order chi connectivity index (χ1) is 12.4. The van der Waals surface area contributed by atoms with Gasteiger partial charge in [0.05, 0.1) is 19.2 Å². The molecule has 0 saturated heterocycles. The number of halogens is 2. The molecule has 2 rings (SSSR count). The standard InChI is InChI=1S/C19H16ClFO5/c1-24-17-10-12(9-15(20)19(17)25-2)3-8-18(23)26-11-16(22)13-4-6-14(21)7-5-13/h3-10H,11H2,1-2H3. The van der Waals surface area contributed by atoms with Gasteiger partial charge in [-0.1, -0.05) is 11.6 Å². The first kappa shape index (κ1) is 19.5. The van der Waals surface area contributed by atoms with Crippen LogP contribution in [0.2, 0.25) is 5.02 Å². The number of hydrogen-bond donors (Lipinski definition) is 0. The van der Waals surface area contributed by atoms with Crippen molar-refractivity contribution in [3.8, 4) is 11.5 Å². The van der Waals surface area contributed by atoms with Crippen molar-refractivity contribution < 1.29 is 28.2 Å². The minimum atomic E-state index is -0.702. The molecule has 0 aliphatic heterocycles. The van der Waals surface area contributed by atoms with Gasteiger partial charge in [0.25, 0.3) is 0 Å². The van der Waals surface area contributed by atoms with E-state index >= 15 is 0 Å². The second-order valence-corrected chi connectivity index (χ2v) is 5.52. The normalized spacial score (nSPS) is 10.6. The summed E-state index contributed by atoms with van der Waals surface area (Å²) >= 11 is 6.08. The molecule has 0 bridgehead atoms. The average Bonchev–Trinajstić information content (AvgIpc) is 2.64. The monoisotopic (exact) mass is 378 g/mol. The van der Waals surface area contributed by atoms with Crippen molar-refractivity contribution in [1.29, 1.82) is 0 Å². The summed E-state index contributed by atoms with van der Waals surface area (Å²) in [7, 11) is 2.94. The van der Waals surface area contributed by atoms with Crippen molar-refractivity contribution in [2.75, 3.05) is 20.8 Å². The van der Waals surface area contributed by atoms with E-state index in [1.807, 2.05) is 0 Å². The second kappa shape index (κ2) is 9.01. The molecule has 0 saturated carbocycles. The third-order valence-electron chi connectivity index (χ3n) is 3.38. The zero-order valence-corrected chi connectivity index (χ0v) is 14.9. The highest BCUT2D eigenvalue weighted by Gasteiger charge is 2.11. The van der Waals surface area contributed by atoms with Gasteiger partial charge >= 0.3 is 5.97 Å². The van der Waals surface area contributed by atoms with Crippen molar-refractivity contribution in [3.63, 3.8) is 0 Å². The van der Waals surface area contributed by atoms with Crippen LogP contribution in [0.3, 0.4) is 0 Å². The van der Waals surface area contributed by atoms with Crippen LogP contribution in [0.1, 0.15) is 15.9 Å². The molecule has 7 heteroatoms. The Labute approximate surface area is 154 Å². The lowest BCUT2D eigenvalue weighted by atomic mass is 10.1. The van der Waals surface area contributed by atoms with Crippen LogP contribution < -0.4 is 9.47 Å². The van der Waals surface area contributed by atoms with E-state index in [2.05, 4.69) is 0 Å². The number of carbonyl (C=O) groups is 2. The number of hydrogen-bond acceptors (Lipinski definition) is 5. The Bertz CT molecular complexity index is 831. The van der Waals surface area contributed by atoms with Crippen LogP contribution in [0.15, 0.2) is 42.5 Å². The Balaban J connectivity index is 1.98. The molecule has 0 N–H and O–H groups in total. The number of esters is 1. The predicted octanol–water partition coefficient (Wildman–Crippen LogP) is 3.94. The van der Waals surface area contributed by atoms with E-state index in [0.717, 1.165) is 18.2 Å². The summed E-state index contributed by atoms with van der Waals surface area (Å²) in [6.45, 7) is -0.443. The largest absolute Gasteiger partial charge is 0.493 e. The third kappa shape index (κ3) is 5.07. The third-order valence-corrected chi connectivity index (χ3v) is 3.66. The molecule has 0 heterocycles. The van der Waals surface area contributed by atoms with Crippen molar-refractivity contribution >= 4 is 29.4 Å². The number of benzene rings is 2. The number of ether oxygens (including phenoxy) is 3. The molecule has 0 radical (unpaired) electrons. The zero-order chi connectivity index (χ0) is 19.1. The number of carbonyl (C=O) groups excluding carboxylic acids is 2. The number of Topliss-reactive ketones (excluding diaryl/α,β-unsaturated/α-hetero) is 1. The fraction of sp³-hybridized carbons (Fsp3) is 0.158. The van der Waals surface area contributed by atoms with E-state index in [1.165, 1.54) is 32.4 Å². The van der Waals surface area contributed by atoms with Crippen LogP contribution in [0, 0.1) is 5.82 Å². The lowest BCUT2D eigenvalue weighted by Gasteiger charge is -2.10. The maximum Gasteiger partial charge on any atom is 0.331 e. The highest BCUT2D eigenvalue weighted by molar-refractivity contribution is 6.32. The van der Waals surface area contributed by atoms with E-state index in [4.69, 9.17) is 25.8 Å². The Kier molecular flexibility index (Phi) is 6.74. The van der Waals surface area contributed by atoms with E-state index in [9.17, 15) is 14.0 Å². The minimum absolute atomic E-state index is 0.259. The summed E-state index contributed by atoms with van der Waals surface area (Å²) in [6.07, 6.45) is 2.63. The second-order valence-electron chi connectivity index (χ2n) is 5.11. The zero-order valence-electron chi connectivity index (χ0n) is 14.1. The molecule has 0 fully saturated rings. The predicted molar refractivity (Wildman–Crippen MR) is 95.3 cm³/mol. The van der Waals surface area contributed by atoms with Gasteiger partial charge in [-0.05, 0) is 48.0 Å². The van der Waals surface area contributed by atoms with Crippen molar-refractivity contribution in [3.05, 3.63) is 64.4 Å². The Hall–Kier alpha value is -2.86. The summed E-state index contributed by atoms with van der Waals surface area (Å²) in [4.78, 5) is 23.6. The van der Waals surface area contributed by atoms with Crippen LogP contribution in [-0.4, -0.2) is 32.6 Å². The lowest BCUT2D eigenvalue weighted by Crippen LogP contribution is -2.12. The van der Waals surface area contributed by atoms with Crippen LogP contribution >= 0.6 is 11.6 Å². The molecule has 136 valence electrons. The van der Waals surface area contributed by atoms with Crippen molar-refractivity contribution in [2.45, 2.75) is 0 Å². The Morgan fingerprint density at radius 3 is 2.42 bits per heavy atom. The van der Waals surface area contributed by atoms with Gasteiger partial charge in [0.15, 0.2) is 23.9 Å². The number of ketones is 1. The molecular formula is C19H16ClFO5. The molecule has 2 aromatic carbocycles. The summed E-state index contributed by atoms with van der Waals surface area (Å²) < 4.78 is 28.0. The lowest BCUT2D eigenvalue weighted by molar-refractivity contribution is -0.136. The molecule has 2 aromatic rings. The maximum absolute atomic E-state index is 12.8. The minimum Gasteiger partial charge on any atom is -0.493 e. The fourth-order valence-corrected chi connectivity index (χ4v) is 2.40. The molecule has 5 nitrogen and oxygen atoms in total. The summed E-state index contributed by atoms with van der Waals surface area (Å²) in [5.74, 6) is -0.777. The van der Waals surface area contributed by atoms with Crippen molar-refractivity contribution in [1.82, 2.24) is 0 Å². The van der Waals surface area contributed by atoms with Gasteiger partial charge in [-0.25, -0.2) is 9.18 Å². The van der Waals surface area contributed by atoms with E-state index in [-0.39, 0.29) is 5.56 Å². The maximum atomic E-state index is 12.8. The van der Waals surface area contributed by atoms with Gasteiger partial charge in [-0.15, -0.1) is 0 Å². The van der Waals surface area contributed by atoms with Crippen LogP contribution in [0.25, 0.3) is 6.08 Å². The van der Waals surface area contributed by atoms with Gasteiger partial charge < -0.3 is 14.2 Å². The van der Waals surface area contributed by atoms with Crippen LogP contribution in [0.5, 0.6) is 11.5 Å². The Morgan fingerprint density at radius 2 is 1.81 bits per heavy atom. The molecular weight excluding hydrogens is 363 g/mol. The van der Waals surface area contributed by atoms with Crippen molar-refractivity contribution in [2.24, 2.45) is 0 Å². The van der Waals surface area contributed by atoms with Gasteiger partial charge in [0, 0.05) is 11.6 Å². The first-order valence-corrected chi connectivity index (χ1v) is 7.87. The molecule has 0 spiro atoms. The van der Waals surface area contributed by atoms with Gasteiger partial charge in [0.2, 0.25) is 0 Å². The molecule has 0 aliphatic rings. The quantitative estimate of drug-likeness (QED) is 0.415. The average molecular weight is 379 g/mol. The smallest absolute Gasteiger partial charge is 0.331 e. The number of methoxy groups -OCH3 is 2. The summed E-state index contributed by atoms with van der Waals surface area (Å²) in [5.41, 5.74) is 0.851. The van der Waals surface area contributed by atoms with Crippen LogP contribution in [-0.2, 0) is 9.53 Å². The van der Waals surface area contributed by atoms with Gasteiger partial charge in [-0.2, -0.15) is 0 Å². The van der Waals surface area contributed by atoms with Gasteiger partial charge in [0.1, 0.15) is 5.82 Å². The molecule has 0 unspecified atom stereocenters. The summed E-state index contributed by atoms with van der Waals surface area (Å²) in [6, 6.07) is 8.21. The highest BCUT2D eigenvalue weighted by atomic mass is 35.5. The first-order valence-electron chi connectivity index (χ1n) is 7.49. The Morgan fingerprint density at radius 1 is 1.12 bits per heavy atom.